The first-order valence-electron chi connectivity index (χ1n) is 9.60. The van der Waals surface area contributed by atoms with E-state index in [0.29, 0.717) is 18.0 Å². The van der Waals surface area contributed by atoms with Crippen LogP contribution in [0, 0.1) is 12.8 Å². The van der Waals surface area contributed by atoms with Crippen molar-refractivity contribution in [2.45, 2.75) is 13.3 Å². The molecule has 3 aromatic carbocycles. The molecule has 1 aliphatic rings. The lowest BCUT2D eigenvalue weighted by Gasteiger charge is -2.19. The van der Waals surface area contributed by atoms with Crippen molar-refractivity contribution in [1.82, 2.24) is 0 Å². The van der Waals surface area contributed by atoms with Gasteiger partial charge in [-0.15, -0.1) is 0 Å². The molecule has 1 atom stereocenters. The first kappa shape index (κ1) is 18.7. The first-order chi connectivity index (χ1) is 14.1. The van der Waals surface area contributed by atoms with Crippen LogP contribution in [0.5, 0.6) is 11.5 Å². The van der Waals surface area contributed by atoms with E-state index in [4.69, 9.17) is 4.74 Å². The summed E-state index contributed by atoms with van der Waals surface area (Å²) in [7, 11) is 0. The summed E-state index contributed by atoms with van der Waals surface area (Å²) in [5, 5.41) is 2.91. The van der Waals surface area contributed by atoms with E-state index in [1.54, 1.807) is 17.0 Å². The van der Waals surface area contributed by atoms with Crippen LogP contribution in [0.25, 0.3) is 0 Å². The molecule has 0 bridgehead atoms. The van der Waals surface area contributed by atoms with Crippen LogP contribution >= 0.6 is 0 Å². The van der Waals surface area contributed by atoms with Crippen molar-refractivity contribution in [3.05, 3.63) is 84.4 Å². The van der Waals surface area contributed by atoms with Crippen molar-refractivity contribution in [2.75, 3.05) is 16.8 Å². The molecule has 1 heterocycles. The quantitative estimate of drug-likeness (QED) is 0.687. The number of amides is 2. The van der Waals surface area contributed by atoms with Crippen molar-refractivity contribution >= 4 is 23.2 Å². The van der Waals surface area contributed by atoms with E-state index in [1.165, 1.54) is 0 Å². The second-order valence-corrected chi connectivity index (χ2v) is 7.12. The summed E-state index contributed by atoms with van der Waals surface area (Å²) < 4.78 is 5.76. The van der Waals surface area contributed by atoms with Gasteiger partial charge < -0.3 is 15.0 Å². The number of aryl methyl sites for hydroxylation is 1. The Bertz CT molecular complexity index is 1020. The minimum Gasteiger partial charge on any atom is -0.457 e. The molecule has 4 rings (SSSR count). The standard InChI is InChI=1S/C24H22N2O3/c1-17-7-5-6-10-22(17)26-16-18(15-23(26)27)24(28)25-19-11-13-21(14-12-19)29-20-8-3-2-4-9-20/h2-14,18H,15-16H2,1H3,(H,25,28)/t18-/m1/s1. The SMILES string of the molecule is Cc1ccccc1N1C[C@H](C(=O)Nc2ccc(Oc3ccccc3)cc2)CC1=O. The van der Waals surface area contributed by atoms with Gasteiger partial charge in [-0.2, -0.15) is 0 Å². The second kappa shape index (κ2) is 8.19. The molecular formula is C24H22N2O3. The number of anilines is 2. The fraction of sp³-hybridized carbons (Fsp3) is 0.167. The Morgan fingerprint density at radius 1 is 0.931 bits per heavy atom. The van der Waals surface area contributed by atoms with Crippen molar-refractivity contribution in [1.29, 1.82) is 0 Å². The smallest absolute Gasteiger partial charge is 0.229 e. The van der Waals surface area contributed by atoms with Gasteiger partial charge in [0.25, 0.3) is 0 Å². The molecule has 0 aromatic heterocycles. The molecule has 0 radical (unpaired) electrons. The third-order valence-corrected chi connectivity index (χ3v) is 5.00. The highest BCUT2D eigenvalue weighted by Crippen LogP contribution is 2.29. The number of rotatable bonds is 5. The van der Waals surface area contributed by atoms with Gasteiger partial charge in [-0.05, 0) is 55.0 Å². The number of para-hydroxylation sites is 2. The molecule has 1 aliphatic heterocycles. The van der Waals surface area contributed by atoms with Crippen molar-refractivity contribution < 1.29 is 14.3 Å². The zero-order valence-corrected chi connectivity index (χ0v) is 16.2. The third kappa shape index (κ3) is 4.29. The summed E-state index contributed by atoms with van der Waals surface area (Å²) in [6.45, 7) is 2.36. The van der Waals surface area contributed by atoms with E-state index in [1.807, 2.05) is 73.7 Å². The second-order valence-electron chi connectivity index (χ2n) is 7.12. The fourth-order valence-corrected chi connectivity index (χ4v) is 3.46. The van der Waals surface area contributed by atoms with Gasteiger partial charge in [-0.3, -0.25) is 9.59 Å². The number of carbonyl (C=O) groups is 2. The summed E-state index contributed by atoms with van der Waals surface area (Å²) in [6.07, 6.45) is 0.218. The lowest BCUT2D eigenvalue weighted by Crippen LogP contribution is -2.28. The minimum absolute atomic E-state index is 0.0222. The lowest BCUT2D eigenvalue weighted by molar-refractivity contribution is -0.122. The maximum atomic E-state index is 12.7. The molecule has 1 N–H and O–H groups in total. The minimum atomic E-state index is -0.373. The molecule has 2 amide bonds. The first-order valence-corrected chi connectivity index (χ1v) is 9.60. The zero-order chi connectivity index (χ0) is 20.2. The Kier molecular flexibility index (Phi) is 5.29. The molecular weight excluding hydrogens is 364 g/mol. The van der Waals surface area contributed by atoms with Gasteiger partial charge in [-0.1, -0.05) is 36.4 Å². The molecule has 29 heavy (non-hydrogen) atoms. The van der Waals surface area contributed by atoms with Crippen LogP contribution in [0.15, 0.2) is 78.9 Å². The summed E-state index contributed by atoms with van der Waals surface area (Å²) in [5.41, 5.74) is 2.57. The number of hydrogen-bond acceptors (Lipinski definition) is 3. The van der Waals surface area contributed by atoms with Crippen LogP contribution in [0.2, 0.25) is 0 Å². The van der Waals surface area contributed by atoms with Gasteiger partial charge in [0, 0.05) is 24.3 Å². The highest BCUT2D eigenvalue weighted by atomic mass is 16.5. The van der Waals surface area contributed by atoms with E-state index in [0.717, 1.165) is 17.0 Å². The highest BCUT2D eigenvalue weighted by Gasteiger charge is 2.35. The van der Waals surface area contributed by atoms with Gasteiger partial charge in [-0.25, -0.2) is 0 Å². The summed E-state index contributed by atoms with van der Waals surface area (Å²) in [5.74, 6) is 0.903. The maximum Gasteiger partial charge on any atom is 0.229 e. The topological polar surface area (TPSA) is 58.6 Å². The normalized spacial score (nSPS) is 16.0. The summed E-state index contributed by atoms with van der Waals surface area (Å²) >= 11 is 0. The molecule has 1 fully saturated rings. The van der Waals surface area contributed by atoms with Gasteiger partial charge >= 0.3 is 0 Å². The highest BCUT2D eigenvalue weighted by molar-refractivity contribution is 6.03. The Morgan fingerprint density at radius 2 is 1.59 bits per heavy atom. The number of benzene rings is 3. The predicted molar refractivity (Wildman–Crippen MR) is 113 cm³/mol. The van der Waals surface area contributed by atoms with Crippen molar-refractivity contribution in [3.8, 4) is 11.5 Å². The number of nitrogens with zero attached hydrogens (tertiary/aromatic N) is 1. The van der Waals surface area contributed by atoms with Crippen LogP contribution in [0.3, 0.4) is 0 Å². The monoisotopic (exact) mass is 386 g/mol. The van der Waals surface area contributed by atoms with E-state index < -0.39 is 0 Å². The Hall–Kier alpha value is -3.60. The molecule has 5 heteroatoms. The molecule has 0 aliphatic carbocycles. The van der Waals surface area contributed by atoms with Crippen LogP contribution in [0.1, 0.15) is 12.0 Å². The average molecular weight is 386 g/mol. The van der Waals surface area contributed by atoms with Gasteiger partial charge in [0.05, 0.1) is 5.92 Å². The lowest BCUT2D eigenvalue weighted by atomic mass is 10.1. The van der Waals surface area contributed by atoms with E-state index in [9.17, 15) is 9.59 Å². The van der Waals surface area contributed by atoms with Crippen LogP contribution in [0.4, 0.5) is 11.4 Å². The fourth-order valence-electron chi connectivity index (χ4n) is 3.46. The van der Waals surface area contributed by atoms with Crippen molar-refractivity contribution in [2.24, 2.45) is 5.92 Å². The van der Waals surface area contributed by atoms with Gasteiger partial charge in [0.15, 0.2) is 0 Å². The zero-order valence-electron chi connectivity index (χ0n) is 16.2. The van der Waals surface area contributed by atoms with Crippen molar-refractivity contribution in [3.63, 3.8) is 0 Å². The molecule has 1 saturated heterocycles. The third-order valence-electron chi connectivity index (χ3n) is 5.00. The molecule has 3 aromatic rings. The number of hydrogen-bond donors (Lipinski definition) is 1. The van der Waals surface area contributed by atoms with Crippen LogP contribution in [-0.4, -0.2) is 18.4 Å². The summed E-state index contributed by atoms with van der Waals surface area (Å²) in [6, 6.07) is 24.5. The van der Waals surface area contributed by atoms with E-state index >= 15 is 0 Å². The molecule has 0 spiro atoms. The Morgan fingerprint density at radius 3 is 2.31 bits per heavy atom. The molecule has 5 nitrogen and oxygen atoms in total. The van der Waals surface area contributed by atoms with Crippen LogP contribution in [-0.2, 0) is 9.59 Å². The Balaban J connectivity index is 1.38. The number of carbonyl (C=O) groups excluding carboxylic acids is 2. The van der Waals surface area contributed by atoms with Crippen LogP contribution < -0.4 is 15.0 Å². The average Bonchev–Trinajstić information content (AvgIpc) is 3.12. The number of ether oxygens (including phenoxy) is 1. The maximum absolute atomic E-state index is 12.7. The van der Waals surface area contributed by atoms with E-state index in [-0.39, 0.29) is 24.2 Å². The molecule has 0 saturated carbocycles. The molecule has 0 unspecified atom stereocenters. The predicted octanol–water partition coefficient (Wildman–Crippen LogP) is 4.78. The molecule has 146 valence electrons. The number of nitrogens with one attached hydrogen (secondary N) is 1. The summed E-state index contributed by atoms with van der Waals surface area (Å²) in [4.78, 5) is 26.8. The van der Waals surface area contributed by atoms with Gasteiger partial charge in [0.1, 0.15) is 11.5 Å². The van der Waals surface area contributed by atoms with Gasteiger partial charge in [0.2, 0.25) is 11.8 Å². The van der Waals surface area contributed by atoms with E-state index in [2.05, 4.69) is 5.32 Å². The largest absolute Gasteiger partial charge is 0.457 e. The Labute approximate surface area is 169 Å².